The first-order valence-electron chi connectivity index (χ1n) is 6.15. The van der Waals surface area contributed by atoms with Gasteiger partial charge in [-0.25, -0.2) is 4.39 Å². The normalized spacial score (nSPS) is 14.2. The first-order valence-corrected chi connectivity index (χ1v) is 6.94. The third-order valence-electron chi connectivity index (χ3n) is 3.10. The van der Waals surface area contributed by atoms with Crippen molar-refractivity contribution < 1.29 is 13.9 Å². The standard InChI is InChI=1S/C13H13BrFN3O2/c1-18-10(16)6-8(17-18)11-12(15)7(14)5-9-13(11)20-4-2-3-19-9/h5-6H,2-4,16H2,1H3. The number of nitrogen functional groups attached to an aromatic ring is 1. The fraction of sp³-hybridized carbons (Fsp3) is 0.308. The molecule has 2 aromatic rings. The van der Waals surface area contributed by atoms with Crippen LogP contribution in [-0.2, 0) is 7.05 Å². The third kappa shape index (κ3) is 2.11. The zero-order valence-corrected chi connectivity index (χ0v) is 12.4. The Bertz CT molecular complexity index is 653. The van der Waals surface area contributed by atoms with Crippen LogP contribution in [-0.4, -0.2) is 23.0 Å². The summed E-state index contributed by atoms with van der Waals surface area (Å²) in [5.41, 5.74) is 6.46. The van der Waals surface area contributed by atoms with Gasteiger partial charge < -0.3 is 15.2 Å². The van der Waals surface area contributed by atoms with Crippen LogP contribution in [0, 0.1) is 5.82 Å². The van der Waals surface area contributed by atoms with Crippen molar-refractivity contribution in [2.24, 2.45) is 7.05 Å². The highest BCUT2D eigenvalue weighted by Gasteiger charge is 2.24. The summed E-state index contributed by atoms with van der Waals surface area (Å²) in [7, 11) is 1.70. The summed E-state index contributed by atoms with van der Waals surface area (Å²) in [4.78, 5) is 0. The lowest BCUT2D eigenvalue weighted by molar-refractivity contribution is 0.297. The molecule has 0 radical (unpaired) electrons. The number of benzene rings is 1. The molecule has 1 aromatic carbocycles. The predicted octanol–water partition coefficient (Wildman–Crippen LogP) is 2.73. The van der Waals surface area contributed by atoms with Crippen LogP contribution in [0.2, 0.25) is 0 Å². The Morgan fingerprint density at radius 3 is 2.80 bits per heavy atom. The van der Waals surface area contributed by atoms with Crippen LogP contribution in [0.25, 0.3) is 11.3 Å². The Hall–Kier alpha value is -1.76. The van der Waals surface area contributed by atoms with Gasteiger partial charge in [-0.05, 0) is 15.9 Å². The lowest BCUT2D eigenvalue weighted by Crippen LogP contribution is -2.00. The van der Waals surface area contributed by atoms with Gasteiger partial charge in [-0.2, -0.15) is 5.10 Å². The molecule has 0 aliphatic carbocycles. The maximum absolute atomic E-state index is 14.5. The second-order valence-electron chi connectivity index (χ2n) is 4.50. The third-order valence-corrected chi connectivity index (χ3v) is 3.68. The van der Waals surface area contributed by atoms with E-state index in [1.807, 2.05) is 0 Å². The predicted molar refractivity (Wildman–Crippen MR) is 76.3 cm³/mol. The molecule has 0 bridgehead atoms. The molecule has 0 atom stereocenters. The Kier molecular flexibility index (Phi) is 3.29. The summed E-state index contributed by atoms with van der Waals surface area (Å²) in [6, 6.07) is 3.19. The van der Waals surface area contributed by atoms with Crippen molar-refractivity contribution in [3.8, 4) is 22.8 Å². The molecule has 0 amide bonds. The Morgan fingerprint density at radius 1 is 1.35 bits per heavy atom. The van der Waals surface area contributed by atoms with Crippen molar-refractivity contribution in [2.45, 2.75) is 6.42 Å². The largest absolute Gasteiger partial charge is 0.489 e. The van der Waals surface area contributed by atoms with E-state index in [9.17, 15) is 4.39 Å². The molecule has 7 heteroatoms. The van der Waals surface area contributed by atoms with E-state index in [0.717, 1.165) is 6.42 Å². The first kappa shape index (κ1) is 13.2. The molecule has 0 fully saturated rings. The van der Waals surface area contributed by atoms with Crippen LogP contribution in [0.5, 0.6) is 11.5 Å². The molecular formula is C13H13BrFN3O2. The lowest BCUT2D eigenvalue weighted by Gasteiger charge is -2.13. The highest BCUT2D eigenvalue weighted by Crippen LogP contribution is 2.44. The van der Waals surface area contributed by atoms with E-state index >= 15 is 0 Å². The van der Waals surface area contributed by atoms with E-state index < -0.39 is 5.82 Å². The van der Waals surface area contributed by atoms with Gasteiger partial charge in [-0.15, -0.1) is 0 Å². The lowest BCUT2D eigenvalue weighted by atomic mass is 10.1. The van der Waals surface area contributed by atoms with Crippen LogP contribution >= 0.6 is 15.9 Å². The van der Waals surface area contributed by atoms with Crippen LogP contribution in [0.1, 0.15) is 6.42 Å². The first-order chi connectivity index (χ1) is 9.58. The molecule has 2 heterocycles. The number of hydrogen-bond donors (Lipinski definition) is 1. The smallest absolute Gasteiger partial charge is 0.173 e. The van der Waals surface area contributed by atoms with Gasteiger partial charge in [-0.1, -0.05) is 0 Å². The number of halogens is 2. The Morgan fingerprint density at radius 2 is 2.10 bits per heavy atom. The molecule has 1 aromatic heterocycles. The molecule has 1 aliphatic heterocycles. The molecular weight excluding hydrogens is 329 g/mol. The molecule has 1 aliphatic rings. The maximum atomic E-state index is 14.5. The van der Waals surface area contributed by atoms with Crippen LogP contribution in [0.4, 0.5) is 10.2 Å². The molecule has 0 spiro atoms. The van der Waals surface area contributed by atoms with Gasteiger partial charge in [0, 0.05) is 25.6 Å². The number of fused-ring (bicyclic) bond motifs is 1. The number of aryl methyl sites for hydroxylation is 1. The monoisotopic (exact) mass is 341 g/mol. The summed E-state index contributed by atoms with van der Waals surface area (Å²) in [6.45, 7) is 1.01. The quantitative estimate of drug-likeness (QED) is 0.866. The van der Waals surface area contributed by atoms with Gasteiger partial charge in [0.2, 0.25) is 0 Å². The SMILES string of the molecule is Cn1nc(-c2c(F)c(Br)cc3c2OCCCO3)cc1N. The van der Waals surface area contributed by atoms with E-state index in [0.29, 0.717) is 40.7 Å². The van der Waals surface area contributed by atoms with Crippen LogP contribution in [0.15, 0.2) is 16.6 Å². The Labute approximate surface area is 123 Å². The second kappa shape index (κ2) is 4.97. The summed E-state index contributed by atoms with van der Waals surface area (Å²) < 4.78 is 27.5. The molecule has 106 valence electrons. The van der Waals surface area contributed by atoms with Crippen molar-refractivity contribution in [3.63, 3.8) is 0 Å². The average molecular weight is 342 g/mol. The van der Waals surface area contributed by atoms with Crippen molar-refractivity contribution in [1.82, 2.24) is 9.78 Å². The molecule has 20 heavy (non-hydrogen) atoms. The number of nitrogens with zero attached hydrogens (tertiary/aromatic N) is 2. The zero-order chi connectivity index (χ0) is 14.3. The highest BCUT2D eigenvalue weighted by atomic mass is 79.9. The number of hydrogen-bond acceptors (Lipinski definition) is 4. The van der Waals surface area contributed by atoms with Crippen molar-refractivity contribution in [2.75, 3.05) is 18.9 Å². The molecule has 2 N–H and O–H groups in total. The minimum atomic E-state index is -0.438. The fourth-order valence-corrected chi connectivity index (χ4v) is 2.49. The van der Waals surface area contributed by atoms with E-state index in [4.69, 9.17) is 15.2 Å². The molecule has 0 saturated carbocycles. The zero-order valence-electron chi connectivity index (χ0n) is 10.8. The van der Waals surface area contributed by atoms with Crippen LogP contribution in [0.3, 0.4) is 0 Å². The van der Waals surface area contributed by atoms with Gasteiger partial charge in [-0.3, -0.25) is 4.68 Å². The van der Waals surface area contributed by atoms with E-state index in [1.54, 1.807) is 19.2 Å². The highest BCUT2D eigenvalue weighted by molar-refractivity contribution is 9.10. The number of anilines is 1. The number of aromatic nitrogens is 2. The van der Waals surface area contributed by atoms with Crippen LogP contribution < -0.4 is 15.2 Å². The summed E-state index contributed by atoms with van der Waals surface area (Å²) in [6.07, 6.45) is 0.748. The molecule has 3 rings (SSSR count). The summed E-state index contributed by atoms with van der Waals surface area (Å²) in [5.74, 6) is 0.895. The Balaban J connectivity index is 2.25. The fourth-order valence-electron chi connectivity index (χ4n) is 2.08. The number of ether oxygens (including phenoxy) is 2. The van der Waals surface area contributed by atoms with Crippen molar-refractivity contribution >= 4 is 21.7 Å². The van der Waals surface area contributed by atoms with Gasteiger partial charge in [0.1, 0.15) is 11.5 Å². The number of nitrogens with two attached hydrogens (primary N) is 1. The van der Waals surface area contributed by atoms with Gasteiger partial charge in [0.05, 0.1) is 23.2 Å². The molecule has 0 unspecified atom stereocenters. The van der Waals surface area contributed by atoms with Gasteiger partial charge >= 0.3 is 0 Å². The topological polar surface area (TPSA) is 62.3 Å². The summed E-state index contributed by atoms with van der Waals surface area (Å²) in [5, 5.41) is 4.22. The minimum Gasteiger partial charge on any atom is -0.489 e. The maximum Gasteiger partial charge on any atom is 0.173 e. The van der Waals surface area contributed by atoms with E-state index in [2.05, 4.69) is 21.0 Å². The van der Waals surface area contributed by atoms with Gasteiger partial charge in [0.15, 0.2) is 17.3 Å². The molecule has 0 saturated heterocycles. The van der Waals surface area contributed by atoms with E-state index in [1.165, 1.54) is 4.68 Å². The molecule has 5 nitrogen and oxygen atoms in total. The van der Waals surface area contributed by atoms with Crippen molar-refractivity contribution in [1.29, 1.82) is 0 Å². The van der Waals surface area contributed by atoms with Gasteiger partial charge in [0.25, 0.3) is 0 Å². The summed E-state index contributed by atoms with van der Waals surface area (Å²) >= 11 is 3.20. The minimum absolute atomic E-state index is 0.267. The number of rotatable bonds is 1. The average Bonchev–Trinajstić information content (AvgIpc) is 2.62. The van der Waals surface area contributed by atoms with E-state index in [-0.39, 0.29) is 5.56 Å². The van der Waals surface area contributed by atoms with Crippen molar-refractivity contribution in [3.05, 3.63) is 22.4 Å². The second-order valence-corrected chi connectivity index (χ2v) is 5.36.